The quantitative estimate of drug-likeness (QED) is 0.784. The second kappa shape index (κ2) is 7.61. The summed E-state index contributed by atoms with van der Waals surface area (Å²) in [6.45, 7) is 7.32. The van der Waals surface area contributed by atoms with E-state index in [1.807, 2.05) is 0 Å². The van der Waals surface area contributed by atoms with E-state index in [2.05, 4.69) is 11.9 Å². The van der Waals surface area contributed by atoms with E-state index in [9.17, 15) is 14.7 Å². The third kappa shape index (κ3) is 4.89. The van der Waals surface area contributed by atoms with Crippen molar-refractivity contribution < 1.29 is 14.7 Å². The van der Waals surface area contributed by atoms with Crippen LogP contribution in [0.1, 0.15) is 13.8 Å². The van der Waals surface area contributed by atoms with E-state index in [4.69, 9.17) is 0 Å². The lowest BCUT2D eigenvalue weighted by Crippen LogP contribution is -2.47. The molecule has 0 saturated carbocycles. The molecular weight excluding hydrogens is 282 g/mol. The number of carbonyl (C=O) groups is 2. The van der Waals surface area contributed by atoms with Crippen molar-refractivity contribution >= 4 is 17.5 Å². The number of allylic oxidation sites excluding steroid dienone is 1. The van der Waals surface area contributed by atoms with E-state index in [0.29, 0.717) is 11.4 Å². The number of phenols is 1. The Morgan fingerprint density at radius 3 is 2.27 bits per heavy atom. The fraction of sp³-hybridized carbons (Fsp3) is 0.375. The van der Waals surface area contributed by atoms with Gasteiger partial charge in [-0.3, -0.25) is 9.59 Å². The molecule has 1 unspecified atom stereocenters. The number of nitrogens with one attached hydrogen (secondary N) is 1. The molecule has 6 heteroatoms. The minimum absolute atomic E-state index is 0.121. The van der Waals surface area contributed by atoms with Crippen LogP contribution in [-0.2, 0) is 9.59 Å². The molecule has 0 bridgehead atoms. The summed E-state index contributed by atoms with van der Waals surface area (Å²) in [5.74, 6) is -0.387. The van der Waals surface area contributed by atoms with Gasteiger partial charge in [-0.15, -0.1) is 0 Å². The number of aromatic hydroxyl groups is 1. The first kappa shape index (κ1) is 17.7. The van der Waals surface area contributed by atoms with Crippen molar-refractivity contribution in [2.45, 2.75) is 19.9 Å². The van der Waals surface area contributed by atoms with E-state index in [1.54, 1.807) is 45.0 Å². The zero-order valence-corrected chi connectivity index (χ0v) is 13.5. The van der Waals surface area contributed by atoms with Gasteiger partial charge in [-0.1, -0.05) is 6.58 Å². The fourth-order valence-electron chi connectivity index (χ4n) is 2.01. The number of benzene rings is 1. The van der Waals surface area contributed by atoms with E-state index in [0.717, 1.165) is 0 Å². The molecule has 120 valence electrons. The Morgan fingerprint density at radius 1 is 1.27 bits per heavy atom. The number of phenolic OH excluding ortho intramolecular Hbond substituents is 1. The van der Waals surface area contributed by atoms with Crippen molar-refractivity contribution in [3.05, 3.63) is 36.5 Å². The molecule has 2 N–H and O–H groups in total. The van der Waals surface area contributed by atoms with Crippen LogP contribution in [-0.4, -0.2) is 53.4 Å². The predicted octanol–water partition coefficient (Wildman–Crippen LogP) is 1.64. The first-order chi connectivity index (χ1) is 10.2. The third-order valence-corrected chi connectivity index (χ3v) is 3.03. The van der Waals surface area contributed by atoms with E-state index < -0.39 is 6.04 Å². The van der Waals surface area contributed by atoms with Crippen molar-refractivity contribution in [2.75, 3.05) is 26.0 Å². The Bertz CT molecular complexity index is 552. The summed E-state index contributed by atoms with van der Waals surface area (Å²) in [7, 11) is 3.57. The molecule has 0 heterocycles. The molecule has 2 amide bonds. The molecule has 0 radical (unpaired) electrons. The van der Waals surface area contributed by atoms with Crippen LogP contribution < -0.4 is 5.32 Å². The van der Waals surface area contributed by atoms with Crippen LogP contribution in [0.5, 0.6) is 5.75 Å². The molecule has 0 aliphatic carbocycles. The first-order valence-corrected chi connectivity index (χ1v) is 6.94. The number of amides is 2. The maximum atomic E-state index is 12.3. The lowest BCUT2D eigenvalue weighted by Gasteiger charge is -2.29. The number of hydrogen-bond acceptors (Lipinski definition) is 4. The normalized spacial score (nSPS) is 11.9. The predicted molar refractivity (Wildman–Crippen MR) is 86.4 cm³/mol. The molecule has 1 aromatic rings. The van der Waals surface area contributed by atoms with Crippen LogP contribution in [0.2, 0.25) is 0 Å². The molecule has 0 aromatic heterocycles. The molecular formula is C16H23N3O3. The standard InChI is InChI=1S/C16H23N3O3/c1-11(2)19(15(21)10-18(4)5)12(3)16(22)17-13-6-8-14(20)9-7-13/h6-9,12,20H,1,10H2,2-5H3,(H,17,22). The molecule has 0 fully saturated rings. The number of hydrogen-bond donors (Lipinski definition) is 2. The summed E-state index contributed by atoms with van der Waals surface area (Å²) < 4.78 is 0. The van der Waals surface area contributed by atoms with Crippen molar-refractivity contribution in [3.63, 3.8) is 0 Å². The SMILES string of the molecule is C=C(C)N(C(=O)CN(C)C)C(C)C(=O)Nc1ccc(O)cc1. The second-order valence-corrected chi connectivity index (χ2v) is 5.45. The minimum atomic E-state index is -0.682. The van der Waals surface area contributed by atoms with Crippen LogP contribution in [0.4, 0.5) is 5.69 Å². The first-order valence-electron chi connectivity index (χ1n) is 6.94. The Labute approximate surface area is 131 Å². The van der Waals surface area contributed by atoms with E-state index >= 15 is 0 Å². The van der Waals surface area contributed by atoms with Crippen LogP contribution in [0.15, 0.2) is 36.5 Å². The van der Waals surface area contributed by atoms with Gasteiger partial charge in [-0.25, -0.2) is 0 Å². The zero-order chi connectivity index (χ0) is 16.9. The molecule has 0 saturated heterocycles. The van der Waals surface area contributed by atoms with Crippen molar-refractivity contribution in [1.29, 1.82) is 0 Å². The molecule has 0 aliphatic heterocycles. The van der Waals surface area contributed by atoms with Gasteiger partial charge in [-0.05, 0) is 52.2 Å². The number of anilines is 1. The van der Waals surface area contributed by atoms with Gasteiger partial charge in [0.2, 0.25) is 11.8 Å². The number of carbonyl (C=O) groups excluding carboxylic acids is 2. The maximum absolute atomic E-state index is 12.3. The number of likely N-dealkylation sites (N-methyl/N-ethyl adjacent to an activating group) is 1. The van der Waals surface area contributed by atoms with Crippen LogP contribution in [0.25, 0.3) is 0 Å². The Balaban J connectivity index is 2.82. The zero-order valence-electron chi connectivity index (χ0n) is 13.5. The summed E-state index contributed by atoms with van der Waals surface area (Å²) in [6.07, 6.45) is 0. The molecule has 1 atom stereocenters. The van der Waals surface area contributed by atoms with Crippen LogP contribution >= 0.6 is 0 Å². The van der Waals surface area contributed by atoms with Gasteiger partial charge in [0.1, 0.15) is 11.8 Å². The average molecular weight is 305 g/mol. The van der Waals surface area contributed by atoms with Gasteiger partial charge in [0.15, 0.2) is 0 Å². The van der Waals surface area contributed by atoms with Gasteiger partial charge in [0.05, 0.1) is 6.54 Å². The van der Waals surface area contributed by atoms with E-state index in [1.165, 1.54) is 17.0 Å². The van der Waals surface area contributed by atoms with Crippen molar-refractivity contribution in [1.82, 2.24) is 9.80 Å². The van der Waals surface area contributed by atoms with Gasteiger partial charge in [0, 0.05) is 11.4 Å². The van der Waals surface area contributed by atoms with E-state index in [-0.39, 0.29) is 24.1 Å². The monoisotopic (exact) mass is 305 g/mol. The number of nitrogens with zero attached hydrogens (tertiary/aromatic N) is 2. The Morgan fingerprint density at radius 2 is 1.82 bits per heavy atom. The Hall–Kier alpha value is -2.34. The highest BCUT2D eigenvalue weighted by atomic mass is 16.3. The molecule has 6 nitrogen and oxygen atoms in total. The summed E-state index contributed by atoms with van der Waals surface area (Å²) >= 11 is 0. The molecule has 1 rings (SSSR count). The minimum Gasteiger partial charge on any atom is -0.508 e. The molecule has 0 aliphatic rings. The summed E-state index contributed by atoms with van der Waals surface area (Å²) in [5, 5.41) is 11.9. The smallest absolute Gasteiger partial charge is 0.247 e. The largest absolute Gasteiger partial charge is 0.508 e. The lowest BCUT2D eigenvalue weighted by molar-refractivity contribution is -0.136. The van der Waals surface area contributed by atoms with Crippen LogP contribution in [0.3, 0.4) is 0 Å². The maximum Gasteiger partial charge on any atom is 0.247 e. The fourth-order valence-corrected chi connectivity index (χ4v) is 2.01. The highest BCUT2D eigenvalue weighted by molar-refractivity contribution is 5.97. The topological polar surface area (TPSA) is 72.9 Å². The summed E-state index contributed by atoms with van der Waals surface area (Å²) in [6, 6.07) is 5.46. The van der Waals surface area contributed by atoms with Gasteiger partial charge >= 0.3 is 0 Å². The Kier molecular flexibility index (Phi) is 6.12. The summed E-state index contributed by atoms with van der Waals surface area (Å²) in [4.78, 5) is 27.7. The summed E-state index contributed by atoms with van der Waals surface area (Å²) in [5.41, 5.74) is 1.07. The van der Waals surface area contributed by atoms with Gasteiger partial charge < -0.3 is 20.2 Å². The molecule has 0 spiro atoms. The van der Waals surface area contributed by atoms with Gasteiger partial charge in [-0.2, -0.15) is 0 Å². The second-order valence-electron chi connectivity index (χ2n) is 5.45. The van der Waals surface area contributed by atoms with Gasteiger partial charge in [0.25, 0.3) is 0 Å². The molecule has 22 heavy (non-hydrogen) atoms. The molecule has 1 aromatic carbocycles. The average Bonchev–Trinajstić information content (AvgIpc) is 2.40. The highest BCUT2D eigenvalue weighted by Crippen LogP contribution is 2.16. The van der Waals surface area contributed by atoms with Crippen LogP contribution in [0, 0.1) is 0 Å². The highest BCUT2D eigenvalue weighted by Gasteiger charge is 2.26. The lowest BCUT2D eigenvalue weighted by atomic mass is 10.2. The van der Waals surface area contributed by atoms with Crippen molar-refractivity contribution in [2.24, 2.45) is 0 Å². The number of rotatable bonds is 6. The van der Waals surface area contributed by atoms with Crippen molar-refractivity contribution in [3.8, 4) is 5.75 Å². The third-order valence-electron chi connectivity index (χ3n) is 3.03.